The van der Waals surface area contributed by atoms with Gasteiger partial charge in [-0.25, -0.2) is 9.59 Å². The van der Waals surface area contributed by atoms with Gasteiger partial charge in [-0.15, -0.1) is 12.4 Å². The fraction of sp³-hybridized carbons (Fsp3) is 0.200. The summed E-state index contributed by atoms with van der Waals surface area (Å²) in [6.45, 7) is 0.977. The zero-order chi connectivity index (χ0) is 18.5. The Kier molecular flexibility index (Phi) is 6.85. The van der Waals surface area contributed by atoms with Crippen molar-refractivity contribution in [2.45, 2.75) is 25.2 Å². The summed E-state index contributed by atoms with van der Waals surface area (Å²) in [6, 6.07) is 6.45. The van der Waals surface area contributed by atoms with E-state index in [0.29, 0.717) is 13.1 Å². The van der Waals surface area contributed by atoms with Gasteiger partial charge in [-0.1, -0.05) is 48.6 Å². The molecule has 0 saturated heterocycles. The number of hydrogen-bond acceptors (Lipinski definition) is 4. The number of halogens is 1. The standard InChI is InChI=1S/C20H20N2O4.ClH/c23-19(24)17-5-1-3-11-21(17)13-15-7-9-16(10-8-15)14-22-12-4-2-6-18(22)20(25)26;/h1-12,17-18H,13-14H2,(H,23,24)(H,25,26);1H. The van der Waals surface area contributed by atoms with Gasteiger partial charge in [-0.05, 0) is 23.3 Å². The second-order valence-electron chi connectivity index (χ2n) is 6.18. The zero-order valence-electron chi connectivity index (χ0n) is 14.5. The average Bonchev–Trinajstić information content (AvgIpc) is 2.64. The summed E-state index contributed by atoms with van der Waals surface area (Å²) in [6.07, 6.45) is 13.9. The minimum Gasteiger partial charge on any atom is -0.479 e. The Balaban J connectivity index is 0.00000261. The lowest BCUT2D eigenvalue weighted by Gasteiger charge is -2.28. The van der Waals surface area contributed by atoms with Gasteiger partial charge in [0.25, 0.3) is 0 Å². The van der Waals surface area contributed by atoms with Crippen LogP contribution in [0.5, 0.6) is 0 Å². The Morgan fingerprint density at radius 2 is 1.11 bits per heavy atom. The highest BCUT2D eigenvalue weighted by Crippen LogP contribution is 2.17. The van der Waals surface area contributed by atoms with E-state index in [4.69, 9.17) is 0 Å². The van der Waals surface area contributed by atoms with Crippen LogP contribution < -0.4 is 0 Å². The first-order valence-corrected chi connectivity index (χ1v) is 8.29. The van der Waals surface area contributed by atoms with Crippen LogP contribution in [0.2, 0.25) is 0 Å². The number of aliphatic carboxylic acids is 2. The van der Waals surface area contributed by atoms with Crippen molar-refractivity contribution < 1.29 is 19.8 Å². The third-order valence-electron chi connectivity index (χ3n) is 4.34. The molecule has 2 N–H and O–H groups in total. The molecule has 0 bridgehead atoms. The highest BCUT2D eigenvalue weighted by atomic mass is 35.5. The van der Waals surface area contributed by atoms with Gasteiger partial charge in [-0.2, -0.15) is 0 Å². The number of rotatable bonds is 6. The maximum atomic E-state index is 11.3. The minimum absolute atomic E-state index is 0. The lowest BCUT2D eigenvalue weighted by molar-refractivity contribution is -0.141. The summed E-state index contributed by atoms with van der Waals surface area (Å²) >= 11 is 0. The molecular formula is C20H21ClN2O4. The van der Waals surface area contributed by atoms with Gasteiger partial charge in [0.15, 0.2) is 0 Å². The molecule has 7 heteroatoms. The van der Waals surface area contributed by atoms with Crippen LogP contribution in [0.3, 0.4) is 0 Å². The Morgan fingerprint density at radius 3 is 1.44 bits per heavy atom. The third-order valence-corrected chi connectivity index (χ3v) is 4.34. The summed E-state index contributed by atoms with van der Waals surface area (Å²) in [5.74, 6) is -1.77. The van der Waals surface area contributed by atoms with E-state index in [1.165, 1.54) is 0 Å². The molecule has 2 heterocycles. The largest absolute Gasteiger partial charge is 0.479 e. The second kappa shape index (κ2) is 9.09. The van der Waals surface area contributed by atoms with E-state index in [2.05, 4.69) is 0 Å². The fourth-order valence-corrected chi connectivity index (χ4v) is 2.99. The highest BCUT2D eigenvalue weighted by Gasteiger charge is 2.23. The quantitative estimate of drug-likeness (QED) is 0.780. The summed E-state index contributed by atoms with van der Waals surface area (Å²) in [5, 5.41) is 18.6. The molecule has 2 aliphatic rings. The Labute approximate surface area is 163 Å². The maximum absolute atomic E-state index is 11.3. The molecule has 0 amide bonds. The molecule has 0 radical (unpaired) electrons. The number of allylic oxidation sites excluding steroid dienone is 4. The zero-order valence-corrected chi connectivity index (χ0v) is 15.3. The Hall–Kier alpha value is -2.99. The van der Waals surface area contributed by atoms with Crippen molar-refractivity contribution in [2.75, 3.05) is 0 Å². The first-order chi connectivity index (χ1) is 12.5. The van der Waals surface area contributed by atoms with Gasteiger partial charge < -0.3 is 20.0 Å². The van der Waals surface area contributed by atoms with Crippen molar-refractivity contribution >= 4 is 24.3 Å². The normalized spacial score (nSPS) is 20.4. The first kappa shape index (κ1) is 20.3. The topological polar surface area (TPSA) is 81.1 Å². The molecule has 0 spiro atoms. The van der Waals surface area contributed by atoms with Crippen LogP contribution in [0.15, 0.2) is 73.1 Å². The first-order valence-electron chi connectivity index (χ1n) is 8.29. The Morgan fingerprint density at radius 1 is 0.741 bits per heavy atom. The van der Waals surface area contributed by atoms with E-state index < -0.39 is 24.0 Å². The number of carboxylic acid groups (broad SMARTS) is 2. The van der Waals surface area contributed by atoms with Crippen LogP contribution in [-0.2, 0) is 22.7 Å². The number of hydrogen-bond donors (Lipinski definition) is 2. The molecule has 2 aliphatic heterocycles. The smallest absolute Gasteiger partial charge is 0.330 e. The van der Waals surface area contributed by atoms with Gasteiger partial charge in [0, 0.05) is 25.5 Å². The third kappa shape index (κ3) is 5.01. The van der Waals surface area contributed by atoms with E-state index >= 15 is 0 Å². The predicted molar refractivity (Wildman–Crippen MR) is 104 cm³/mol. The van der Waals surface area contributed by atoms with E-state index in [-0.39, 0.29) is 12.4 Å². The molecule has 142 valence electrons. The van der Waals surface area contributed by atoms with Crippen molar-refractivity contribution in [1.82, 2.24) is 9.80 Å². The lowest BCUT2D eigenvalue weighted by atomic mass is 10.1. The van der Waals surface area contributed by atoms with Crippen LogP contribution in [0, 0.1) is 0 Å². The van der Waals surface area contributed by atoms with E-state index in [1.807, 2.05) is 36.4 Å². The van der Waals surface area contributed by atoms with Crippen LogP contribution in [-0.4, -0.2) is 44.0 Å². The molecular weight excluding hydrogens is 368 g/mol. The summed E-state index contributed by atoms with van der Waals surface area (Å²) < 4.78 is 0. The van der Waals surface area contributed by atoms with Crippen molar-refractivity contribution in [3.05, 3.63) is 84.2 Å². The number of carbonyl (C=O) groups is 2. The molecule has 2 unspecified atom stereocenters. The van der Waals surface area contributed by atoms with Crippen LogP contribution in [0.4, 0.5) is 0 Å². The maximum Gasteiger partial charge on any atom is 0.330 e. The number of carboxylic acids is 2. The molecule has 2 atom stereocenters. The molecule has 27 heavy (non-hydrogen) atoms. The van der Waals surface area contributed by atoms with E-state index in [0.717, 1.165) is 11.1 Å². The molecule has 0 fully saturated rings. The summed E-state index contributed by atoms with van der Waals surface area (Å²) in [4.78, 5) is 26.2. The minimum atomic E-state index is -0.883. The average molecular weight is 389 g/mol. The molecule has 0 saturated carbocycles. The van der Waals surface area contributed by atoms with E-state index in [1.54, 1.807) is 46.5 Å². The van der Waals surface area contributed by atoms with Crippen molar-refractivity contribution in [1.29, 1.82) is 0 Å². The second-order valence-corrected chi connectivity index (χ2v) is 6.18. The molecule has 0 aliphatic carbocycles. The summed E-state index contributed by atoms with van der Waals surface area (Å²) in [5.41, 5.74) is 1.98. The molecule has 1 aromatic rings. The lowest BCUT2D eigenvalue weighted by Crippen LogP contribution is -2.37. The van der Waals surface area contributed by atoms with Gasteiger partial charge >= 0.3 is 11.9 Å². The summed E-state index contributed by atoms with van der Waals surface area (Å²) in [7, 11) is 0. The van der Waals surface area contributed by atoms with Crippen LogP contribution >= 0.6 is 12.4 Å². The number of benzene rings is 1. The monoisotopic (exact) mass is 388 g/mol. The van der Waals surface area contributed by atoms with Crippen LogP contribution in [0.25, 0.3) is 0 Å². The SMILES string of the molecule is Cl.O=C(O)C1C=CC=CN1Cc1ccc(CN2C=CC=CC2C(=O)O)cc1. The van der Waals surface area contributed by atoms with Crippen molar-refractivity contribution in [3.63, 3.8) is 0 Å². The fourth-order valence-electron chi connectivity index (χ4n) is 2.99. The molecule has 1 aromatic carbocycles. The molecule has 0 aromatic heterocycles. The van der Waals surface area contributed by atoms with Crippen molar-refractivity contribution in [2.24, 2.45) is 0 Å². The van der Waals surface area contributed by atoms with Gasteiger partial charge in [0.05, 0.1) is 0 Å². The van der Waals surface area contributed by atoms with Gasteiger partial charge in [-0.3, -0.25) is 0 Å². The Bertz CT molecular complexity index is 732. The van der Waals surface area contributed by atoms with Crippen molar-refractivity contribution in [3.8, 4) is 0 Å². The number of nitrogens with zero attached hydrogens (tertiary/aromatic N) is 2. The van der Waals surface area contributed by atoms with E-state index in [9.17, 15) is 19.8 Å². The molecule has 3 rings (SSSR count). The predicted octanol–water partition coefficient (Wildman–Crippen LogP) is 2.79. The van der Waals surface area contributed by atoms with Gasteiger partial charge in [0.1, 0.15) is 12.1 Å². The van der Waals surface area contributed by atoms with Gasteiger partial charge in [0.2, 0.25) is 0 Å². The highest BCUT2D eigenvalue weighted by molar-refractivity contribution is 5.85. The molecule has 6 nitrogen and oxygen atoms in total. The van der Waals surface area contributed by atoms with Crippen LogP contribution in [0.1, 0.15) is 11.1 Å².